The minimum atomic E-state index is 0.894. The van der Waals surface area contributed by atoms with E-state index in [2.05, 4.69) is 86.5 Å². The minimum absolute atomic E-state index is 0.894. The number of H-pyrrole nitrogens is 1. The molecule has 0 spiro atoms. The maximum Gasteiger partial charge on any atom is 0.114 e. The minimum Gasteiger partial charge on any atom is -0.350 e. The molecule has 3 heteroatoms. The van der Waals surface area contributed by atoms with Crippen molar-refractivity contribution >= 4 is 38.7 Å². The largest absolute Gasteiger partial charge is 0.350 e. The zero-order chi connectivity index (χ0) is 14.2. The third-order valence-corrected chi connectivity index (χ3v) is 4.74. The number of aromatic amines is 1. The highest BCUT2D eigenvalue weighted by Gasteiger charge is 2.18. The summed E-state index contributed by atoms with van der Waals surface area (Å²) in [5.74, 6) is 1.22. The van der Waals surface area contributed by atoms with Gasteiger partial charge < -0.3 is 9.88 Å². The molecule has 3 aromatic rings. The average molecular weight is 339 g/mol. The number of nitrogens with one attached hydrogen (secondary N) is 1. The van der Waals surface area contributed by atoms with E-state index in [1.807, 2.05) is 0 Å². The van der Waals surface area contributed by atoms with Gasteiger partial charge in [0.15, 0.2) is 0 Å². The Morgan fingerprint density at radius 1 is 1.05 bits per heavy atom. The summed E-state index contributed by atoms with van der Waals surface area (Å²) in [5, 5.41) is 1.29. The van der Waals surface area contributed by atoms with Crippen LogP contribution < -0.4 is 4.90 Å². The van der Waals surface area contributed by atoms with Gasteiger partial charge in [0.1, 0.15) is 5.82 Å². The van der Waals surface area contributed by atoms with E-state index in [-0.39, 0.29) is 0 Å². The van der Waals surface area contributed by atoms with Crippen molar-refractivity contribution < 1.29 is 0 Å². The highest BCUT2D eigenvalue weighted by molar-refractivity contribution is 9.10. The quantitative estimate of drug-likeness (QED) is 0.699. The van der Waals surface area contributed by atoms with Gasteiger partial charge in [0.25, 0.3) is 0 Å². The van der Waals surface area contributed by atoms with Gasteiger partial charge in [-0.1, -0.05) is 64.5 Å². The van der Waals surface area contributed by atoms with Crippen molar-refractivity contribution in [1.29, 1.82) is 0 Å². The topological polar surface area (TPSA) is 19.0 Å². The Balaban J connectivity index is 1.77. The van der Waals surface area contributed by atoms with Gasteiger partial charge in [-0.05, 0) is 17.7 Å². The molecule has 1 aliphatic heterocycles. The van der Waals surface area contributed by atoms with Crippen LogP contribution in [0.5, 0.6) is 0 Å². The van der Waals surface area contributed by atoms with Crippen LogP contribution in [-0.4, -0.2) is 11.5 Å². The molecule has 104 valence electrons. The standard InChI is InChI=1S/C18H15BrN2/c19-16-9-3-1-6-13(16)12-21-11-5-8-15-14-7-2-4-10-17(14)20-18(15)21/h1-10,20H,11-12H2. The number of halogens is 1. The van der Waals surface area contributed by atoms with Crippen LogP contribution in [0.1, 0.15) is 11.1 Å². The molecule has 21 heavy (non-hydrogen) atoms. The molecule has 1 N–H and O–H groups in total. The number of aromatic nitrogens is 1. The summed E-state index contributed by atoms with van der Waals surface area (Å²) in [5.41, 5.74) is 3.80. The molecule has 0 unspecified atom stereocenters. The van der Waals surface area contributed by atoms with Gasteiger partial charge >= 0.3 is 0 Å². The molecule has 0 radical (unpaired) electrons. The van der Waals surface area contributed by atoms with Gasteiger partial charge in [-0.2, -0.15) is 0 Å². The van der Waals surface area contributed by atoms with Crippen LogP contribution in [0.2, 0.25) is 0 Å². The van der Waals surface area contributed by atoms with E-state index in [9.17, 15) is 0 Å². The van der Waals surface area contributed by atoms with Crippen LogP contribution in [0.3, 0.4) is 0 Å². The molecule has 0 amide bonds. The Kier molecular flexibility index (Phi) is 3.08. The Bertz CT molecular complexity index is 832. The molecule has 1 aromatic heterocycles. The second-order valence-corrected chi connectivity index (χ2v) is 6.16. The second-order valence-electron chi connectivity index (χ2n) is 5.31. The van der Waals surface area contributed by atoms with Crippen molar-refractivity contribution in [2.45, 2.75) is 6.54 Å². The molecule has 2 aromatic carbocycles. The van der Waals surface area contributed by atoms with Crippen LogP contribution in [0.15, 0.2) is 59.1 Å². The summed E-state index contributed by atoms with van der Waals surface area (Å²) in [6.45, 7) is 1.83. The highest BCUT2D eigenvalue weighted by Crippen LogP contribution is 2.34. The third kappa shape index (κ3) is 2.18. The van der Waals surface area contributed by atoms with Crippen LogP contribution in [-0.2, 0) is 6.54 Å². The Labute approximate surface area is 132 Å². The average Bonchev–Trinajstić information content (AvgIpc) is 2.89. The van der Waals surface area contributed by atoms with E-state index in [0.717, 1.165) is 17.6 Å². The number of para-hydroxylation sites is 1. The van der Waals surface area contributed by atoms with E-state index in [1.165, 1.54) is 27.8 Å². The number of nitrogens with zero attached hydrogens (tertiary/aromatic N) is 1. The number of anilines is 1. The lowest BCUT2D eigenvalue weighted by molar-refractivity contribution is 0.844. The molecule has 0 atom stereocenters. The fourth-order valence-electron chi connectivity index (χ4n) is 2.93. The molecule has 0 bridgehead atoms. The van der Waals surface area contributed by atoms with Gasteiger partial charge in [-0.25, -0.2) is 0 Å². The number of hydrogen-bond acceptors (Lipinski definition) is 1. The summed E-state index contributed by atoms with van der Waals surface area (Å²) in [6, 6.07) is 16.9. The predicted molar refractivity (Wildman–Crippen MR) is 92.5 cm³/mol. The summed E-state index contributed by atoms with van der Waals surface area (Å²) in [4.78, 5) is 5.95. The van der Waals surface area contributed by atoms with Crippen molar-refractivity contribution in [3.05, 3.63) is 70.2 Å². The zero-order valence-corrected chi connectivity index (χ0v) is 13.1. The van der Waals surface area contributed by atoms with Crippen molar-refractivity contribution in [3.63, 3.8) is 0 Å². The van der Waals surface area contributed by atoms with Crippen LogP contribution >= 0.6 is 15.9 Å². The van der Waals surface area contributed by atoms with Gasteiger partial charge in [0.2, 0.25) is 0 Å². The van der Waals surface area contributed by atoms with Crippen LogP contribution in [0.4, 0.5) is 5.82 Å². The molecular formula is C18H15BrN2. The molecule has 4 rings (SSSR count). The monoisotopic (exact) mass is 338 g/mol. The van der Waals surface area contributed by atoms with Gasteiger partial charge in [0.05, 0.1) is 0 Å². The molecule has 0 saturated carbocycles. The van der Waals surface area contributed by atoms with Crippen LogP contribution in [0, 0.1) is 0 Å². The Morgan fingerprint density at radius 2 is 1.86 bits per heavy atom. The molecule has 0 fully saturated rings. The van der Waals surface area contributed by atoms with Gasteiger partial charge in [-0.15, -0.1) is 0 Å². The Hall–Kier alpha value is -2.00. The number of benzene rings is 2. The van der Waals surface area contributed by atoms with Crippen molar-refractivity contribution in [3.8, 4) is 0 Å². The first kappa shape index (κ1) is 12.7. The first-order valence-corrected chi connectivity index (χ1v) is 7.88. The van der Waals surface area contributed by atoms with E-state index >= 15 is 0 Å². The normalized spacial score (nSPS) is 13.7. The lowest BCUT2D eigenvalue weighted by Crippen LogP contribution is -2.25. The summed E-state index contributed by atoms with van der Waals surface area (Å²) < 4.78 is 1.16. The third-order valence-electron chi connectivity index (χ3n) is 3.97. The molecule has 0 saturated heterocycles. The molecule has 0 aliphatic carbocycles. The summed E-state index contributed by atoms with van der Waals surface area (Å²) >= 11 is 3.64. The lowest BCUT2D eigenvalue weighted by Gasteiger charge is -2.26. The maximum atomic E-state index is 3.64. The van der Waals surface area contributed by atoms with Gasteiger partial charge in [-0.3, -0.25) is 0 Å². The maximum absolute atomic E-state index is 3.64. The Morgan fingerprint density at radius 3 is 2.76 bits per heavy atom. The van der Waals surface area contributed by atoms with Crippen molar-refractivity contribution in [2.24, 2.45) is 0 Å². The first-order chi connectivity index (χ1) is 10.3. The highest BCUT2D eigenvalue weighted by atomic mass is 79.9. The number of rotatable bonds is 2. The SMILES string of the molecule is Brc1ccccc1CN1CC=Cc2c1[nH]c1ccccc21. The van der Waals surface area contributed by atoms with E-state index < -0.39 is 0 Å². The smallest absolute Gasteiger partial charge is 0.114 e. The van der Waals surface area contributed by atoms with E-state index in [0.29, 0.717) is 0 Å². The molecule has 2 nitrogen and oxygen atoms in total. The number of hydrogen-bond donors (Lipinski definition) is 1. The predicted octanol–water partition coefficient (Wildman–Crippen LogP) is 4.96. The molecule has 1 aliphatic rings. The van der Waals surface area contributed by atoms with Gasteiger partial charge in [0, 0.05) is 34.0 Å². The van der Waals surface area contributed by atoms with Crippen molar-refractivity contribution in [2.75, 3.05) is 11.4 Å². The number of fused-ring (bicyclic) bond motifs is 3. The van der Waals surface area contributed by atoms with E-state index in [4.69, 9.17) is 0 Å². The lowest BCUT2D eigenvalue weighted by atomic mass is 10.1. The van der Waals surface area contributed by atoms with E-state index in [1.54, 1.807) is 0 Å². The summed E-state index contributed by atoms with van der Waals surface area (Å²) in [6.07, 6.45) is 4.46. The first-order valence-electron chi connectivity index (χ1n) is 7.08. The zero-order valence-electron chi connectivity index (χ0n) is 11.5. The summed E-state index contributed by atoms with van der Waals surface area (Å²) in [7, 11) is 0. The second kappa shape index (κ2) is 5.08. The fourth-order valence-corrected chi connectivity index (χ4v) is 3.34. The van der Waals surface area contributed by atoms with Crippen molar-refractivity contribution in [1.82, 2.24) is 4.98 Å². The molecular weight excluding hydrogens is 324 g/mol. The fraction of sp³-hybridized carbons (Fsp3) is 0.111. The molecule has 2 heterocycles. The van der Waals surface area contributed by atoms with Crippen LogP contribution in [0.25, 0.3) is 17.0 Å².